The van der Waals surface area contributed by atoms with E-state index >= 15 is 0 Å². The van der Waals surface area contributed by atoms with Gasteiger partial charge in [0.15, 0.2) is 5.92 Å². The number of rotatable bonds is 4. The Morgan fingerprint density at radius 1 is 1.67 bits per heavy atom. The van der Waals surface area contributed by atoms with Crippen LogP contribution in [-0.4, -0.2) is 29.1 Å². The summed E-state index contributed by atoms with van der Waals surface area (Å²) in [5, 5.41) is 11.3. The van der Waals surface area contributed by atoms with Crippen molar-refractivity contribution in [2.75, 3.05) is 7.11 Å². The highest BCUT2D eigenvalue weighted by atomic mass is 32.1. The zero-order valence-corrected chi connectivity index (χ0v) is 9.21. The van der Waals surface area contributed by atoms with Gasteiger partial charge in [0.2, 0.25) is 0 Å². The van der Waals surface area contributed by atoms with Crippen molar-refractivity contribution in [3.05, 3.63) is 16.1 Å². The highest BCUT2D eigenvalue weighted by Crippen LogP contribution is 2.15. The smallest absolute Gasteiger partial charge is 0.320 e. The number of aryl methyl sites for hydroxylation is 1. The van der Waals surface area contributed by atoms with Gasteiger partial charge >= 0.3 is 11.9 Å². The summed E-state index contributed by atoms with van der Waals surface area (Å²) in [6.07, 6.45) is 0.0838. The molecule has 5 nitrogen and oxygen atoms in total. The van der Waals surface area contributed by atoms with E-state index in [1.54, 1.807) is 0 Å². The van der Waals surface area contributed by atoms with Crippen molar-refractivity contribution in [3.8, 4) is 0 Å². The van der Waals surface area contributed by atoms with Gasteiger partial charge in [-0.25, -0.2) is 4.98 Å². The third kappa shape index (κ3) is 3.02. The highest BCUT2D eigenvalue weighted by Gasteiger charge is 2.28. The van der Waals surface area contributed by atoms with E-state index in [1.165, 1.54) is 18.4 Å². The van der Waals surface area contributed by atoms with Gasteiger partial charge in [0.1, 0.15) is 0 Å². The number of carbonyl (C=O) groups excluding carboxylic acids is 1. The van der Waals surface area contributed by atoms with Crippen molar-refractivity contribution in [1.29, 1.82) is 0 Å². The monoisotopic (exact) mass is 229 g/mol. The summed E-state index contributed by atoms with van der Waals surface area (Å²) in [7, 11) is 1.17. The number of carboxylic acids is 1. The number of nitrogens with zero attached hydrogens (tertiary/aromatic N) is 1. The molecule has 0 amide bonds. The lowest BCUT2D eigenvalue weighted by molar-refractivity contribution is -0.156. The third-order valence-electron chi connectivity index (χ3n) is 1.83. The molecule has 0 saturated heterocycles. The largest absolute Gasteiger partial charge is 0.481 e. The summed E-state index contributed by atoms with van der Waals surface area (Å²) in [6, 6.07) is 0. The van der Waals surface area contributed by atoms with Crippen molar-refractivity contribution < 1.29 is 19.4 Å². The summed E-state index contributed by atoms with van der Waals surface area (Å²) in [5.74, 6) is -3.09. The molecule has 0 bridgehead atoms. The number of methoxy groups -OCH3 is 1. The lowest BCUT2D eigenvalue weighted by Gasteiger charge is -2.07. The van der Waals surface area contributed by atoms with Crippen LogP contribution in [0.4, 0.5) is 0 Å². The number of ether oxygens (including phenoxy) is 1. The molecule has 1 aromatic heterocycles. The van der Waals surface area contributed by atoms with Gasteiger partial charge in [-0.2, -0.15) is 0 Å². The van der Waals surface area contributed by atoms with Gasteiger partial charge in [-0.3, -0.25) is 9.59 Å². The molecular weight excluding hydrogens is 218 g/mol. The topological polar surface area (TPSA) is 76.5 Å². The molecule has 0 aromatic carbocycles. The molecule has 0 aliphatic rings. The first-order chi connectivity index (χ1) is 7.04. The van der Waals surface area contributed by atoms with Crippen LogP contribution in [0, 0.1) is 12.8 Å². The molecule has 0 radical (unpaired) electrons. The maximum Gasteiger partial charge on any atom is 0.320 e. The maximum absolute atomic E-state index is 11.1. The molecule has 6 heteroatoms. The van der Waals surface area contributed by atoms with E-state index in [9.17, 15) is 9.59 Å². The van der Waals surface area contributed by atoms with Crippen molar-refractivity contribution >= 4 is 23.3 Å². The lowest BCUT2D eigenvalue weighted by atomic mass is 10.1. The number of esters is 1. The number of aromatic nitrogens is 1. The Labute approximate surface area is 90.7 Å². The predicted octanol–water partition coefficient (Wildman–Crippen LogP) is 0.868. The van der Waals surface area contributed by atoms with E-state index in [4.69, 9.17) is 5.11 Å². The number of carbonyl (C=O) groups is 2. The van der Waals surface area contributed by atoms with Crippen LogP contribution >= 0.6 is 11.3 Å². The minimum absolute atomic E-state index is 0.0838. The van der Waals surface area contributed by atoms with Crippen LogP contribution in [0.5, 0.6) is 0 Å². The number of carboxylic acid groups (broad SMARTS) is 1. The Kier molecular flexibility index (Phi) is 3.79. The summed E-state index contributed by atoms with van der Waals surface area (Å²) in [4.78, 5) is 26.0. The van der Waals surface area contributed by atoms with E-state index in [2.05, 4.69) is 9.72 Å². The van der Waals surface area contributed by atoms with E-state index in [0.717, 1.165) is 5.69 Å². The van der Waals surface area contributed by atoms with Crippen LogP contribution in [0.2, 0.25) is 0 Å². The Bertz CT molecular complexity index is 374. The standard InChI is InChI=1S/C9H11NO4S/c1-5-4-15-7(10-5)3-6(8(11)12)9(13)14-2/h4,6H,3H2,1-2H3,(H,11,12). The predicted molar refractivity (Wildman–Crippen MR) is 53.7 cm³/mol. The van der Waals surface area contributed by atoms with Crippen LogP contribution in [0.15, 0.2) is 5.38 Å². The minimum atomic E-state index is -1.19. The van der Waals surface area contributed by atoms with Gasteiger partial charge in [0.05, 0.1) is 12.1 Å². The van der Waals surface area contributed by atoms with Crippen LogP contribution in [0.1, 0.15) is 10.7 Å². The van der Waals surface area contributed by atoms with Gasteiger partial charge in [-0.1, -0.05) is 0 Å². The Morgan fingerprint density at radius 2 is 2.33 bits per heavy atom. The lowest BCUT2D eigenvalue weighted by Crippen LogP contribution is -2.27. The molecule has 0 aliphatic heterocycles. The molecule has 1 unspecified atom stereocenters. The van der Waals surface area contributed by atoms with Gasteiger partial charge in [-0.05, 0) is 6.92 Å². The molecule has 0 aliphatic carbocycles. The summed E-state index contributed by atoms with van der Waals surface area (Å²) in [5.41, 5.74) is 0.823. The first-order valence-electron chi connectivity index (χ1n) is 4.26. The minimum Gasteiger partial charge on any atom is -0.481 e. The van der Waals surface area contributed by atoms with E-state index in [1.807, 2.05) is 12.3 Å². The molecule has 0 spiro atoms. The zero-order chi connectivity index (χ0) is 11.4. The molecule has 1 atom stereocenters. The van der Waals surface area contributed by atoms with E-state index in [0.29, 0.717) is 5.01 Å². The molecule has 1 N–H and O–H groups in total. The maximum atomic E-state index is 11.1. The molecule has 15 heavy (non-hydrogen) atoms. The highest BCUT2D eigenvalue weighted by molar-refractivity contribution is 7.09. The fourth-order valence-corrected chi connectivity index (χ4v) is 1.90. The molecular formula is C9H11NO4S. The summed E-state index contributed by atoms with van der Waals surface area (Å²) >= 11 is 1.34. The third-order valence-corrected chi connectivity index (χ3v) is 2.82. The molecule has 1 aromatic rings. The van der Waals surface area contributed by atoms with Gasteiger partial charge < -0.3 is 9.84 Å². The first-order valence-corrected chi connectivity index (χ1v) is 5.14. The van der Waals surface area contributed by atoms with Crippen molar-refractivity contribution in [1.82, 2.24) is 4.98 Å². The van der Waals surface area contributed by atoms with Crippen LogP contribution in [0.25, 0.3) is 0 Å². The second-order valence-corrected chi connectivity index (χ2v) is 3.94. The van der Waals surface area contributed by atoms with E-state index in [-0.39, 0.29) is 6.42 Å². The molecule has 1 heterocycles. The number of hydrogen-bond acceptors (Lipinski definition) is 5. The average molecular weight is 229 g/mol. The second-order valence-electron chi connectivity index (χ2n) is 3.00. The number of thiazole rings is 1. The van der Waals surface area contributed by atoms with E-state index < -0.39 is 17.9 Å². The first kappa shape index (κ1) is 11.6. The fourth-order valence-electron chi connectivity index (χ4n) is 1.08. The molecule has 0 saturated carbocycles. The van der Waals surface area contributed by atoms with Gasteiger partial charge in [0.25, 0.3) is 0 Å². The van der Waals surface area contributed by atoms with Crippen molar-refractivity contribution in [2.45, 2.75) is 13.3 Å². The normalized spacial score (nSPS) is 12.1. The second kappa shape index (κ2) is 4.88. The fraction of sp³-hybridized carbons (Fsp3) is 0.444. The van der Waals surface area contributed by atoms with Crippen LogP contribution in [0.3, 0.4) is 0 Å². The Hall–Kier alpha value is -1.43. The SMILES string of the molecule is COC(=O)C(Cc1nc(C)cs1)C(=O)O. The molecule has 0 fully saturated rings. The van der Waals surface area contributed by atoms with Crippen LogP contribution < -0.4 is 0 Å². The summed E-state index contributed by atoms with van der Waals surface area (Å²) in [6.45, 7) is 1.81. The summed E-state index contributed by atoms with van der Waals surface area (Å²) < 4.78 is 4.41. The van der Waals surface area contributed by atoms with Crippen molar-refractivity contribution in [2.24, 2.45) is 5.92 Å². The molecule has 1 rings (SSSR count). The van der Waals surface area contributed by atoms with Gasteiger partial charge in [0, 0.05) is 17.5 Å². The van der Waals surface area contributed by atoms with Gasteiger partial charge in [-0.15, -0.1) is 11.3 Å². The number of hydrogen-bond donors (Lipinski definition) is 1. The Morgan fingerprint density at radius 3 is 2.73 bits per heavy atom. The quantitative estimate of drug-likeness (QED) is 0.612. The average Bonchev–Trinajstić information content (AvgIpc) is 2.59. The van der Waals surface area contributed by atoms with Crippen molar-refractivity contribution in [3.63, 3.8) is 0 Å². The number of aliphatic carboxylic acids is 1. The zero-order valence-electron chi connectivity index (χ0n) is 8.39. The Balaban J connectivity index is 2.75. The molecule has 82 valence electrons. The van der Waals surface area contributed by atoms with Crippen LogP contribution in [-0.2, 0) is 20.7 Å².